The number of benzene rings is 2. The number of primary amides is 2. The average Bonchev–Trinajstić information content (AvgIpc) is 3.13. The van der Waals surface area contributed by atoms with E-state index in [1.54, 1.807) is 25.1 Å². The fraction of sp³-hybridized carbons (Fsp3) is 0.190. The van der Waals surface area contributed by atoms with Crippen LogP contribution in [-0.4, -0.2) is 36.9 Å². The third-order valence-corrected chi connectivity index (χ3v) is 6.65. The first kappa shape index (κ1) is 24.1. The third kappa shape index (κ3) is 6.05. The van der Waals surface area contributed by atoms with Crippen molar-refractivity contribution >= 4 is 49.6 Å². The van der Waals surface area contributed by atoms with Gasteiger partial charge >= 0.3 is 0 Å². The van der Waals surface area contributed by atoms with Crippen molar-refractivity contribution in [3.05, 3.63) is 65.1 Å². The van der Waals surface area contributed by atoms with Crippen molar-refractivity contribution in [2.24, 2.45) is 11.5 Å². The molecule has 6 N–H and O–H groups in total. The van der Waals surface area contributed by atoms with E-state index in [1.165, 1.54) is 18.2 Å². The number of aryl methyl sites for hydroxylation is 1. The van der Waals surface area contributed by atoms with Crippen LogP contribution in [0.1, 0.15) is 21.6 Å². The number of nitrogens with one attached hydrogen (secondary N) is 2. The van der Waals surface area contributed by atoms with E-state index in [9.17, 15) is 22.4 Å². The molecule has 0 fully saturated rings. The predicted molar refractivity (Wildman–Crippen MR) is 125 cm³/mol. The maximum Gasteiger partial charge on any atom is 0.250 e. The van der Waals surface area contributed by atoms with Gasteiger partial charge in [0.15, 0.2) is 9.84 Å². The van der Waals surface area contributed by atoms with E-state index in [-0.39, 0.29) is 28.3 Å². The van der Waals surface area contributed by atoms with E-state index >= 15 is 0 Å². The van der Waals surface area contributed by atoms with Crippen LogP contribution in [0, 0.1) is 12.7 Å². The Hall–Kier alpha value is -3.51. The first-order valence-electron chi connectivity index (χ1n) is 9.62. The summed E-state index contributed by atoms with van der Waals surface area (Å²) in [5, 5.41) is 6.37. The number of carbonyl (C=O) groups is 2. The molecule has 0 aliphatic heterocycles. The number of sulfone groups is 1. The van der Waals surface area contributed by atoms with Crippen LogP contribution in [0.3, 0.4) is 0 Å². The molecule has 0 saturated carbocycles. The number of nitrogens with two attached hydrogens (primary N) is 2. The van der Waals surface area contributed by atoms with Gasteiger partial charge in [0.25, 0.3) is 5.91 Å². The Labute approximate surface area is 194 Å². The molecule has 1 heterocycles. The summed E-state index contributed by atoms with van der Waals surface area (Å²) in [6.07, 6.45) is 1.17. The number of hydrogen-bond acceptors (Lipinski definition) is 8. The number of hydrogen-bond donors (Lipinski definition) is 4. The normalized spacial score (nSPS) is 12.2. The molecular formula is C21H22FN5O4S2. The molecule has 9 nitrogen and oxygen atoms in total. The second-order valence-corrected chi connectivity index (χ2v) is 10.2. The summed E-state index contributed by atoms with van der Waals surface area (Å²) in [4.78, 5) is 24.0. The molecule has 0 bridgehead atoms. The van der Waals surface area contributed by atoms with Crippen molar-refractivity contribution in [3.63, 3.8) is 0 Å². The molecule has 3 rings (SSSR count). The van der Waals surface area contributed by atoms with Gasteiger partial charge < -0.3 is 22.1 Å². The topological polar surface area (TPSA) is 157 Å². The van der Waals surface area contributed by atoms with Gasteiger partial charge in [-0.25, -0.2) is 12.8 Å². The van der Waals surface area contributed by atoms with Gasteiger partial charge in [0.05, 0.1) is 27.5 Å². The summed E-state index contributed by atoms with van der Waals surface area (Å²) in [5.74, 6) is -2.37. The van der Waals surface area contributed by atoms with Crippen LogP contribution in [0.4, 0.5) is 20.8 Å². The van der Waals surface area contributed by atoms with E-state index in [2.05, 4.69) is 15.0 Å². The fourth-order valence-corrected chi connectivity index (χ4v) is 4.37. The van der Waals surface area contributed by atoms with Gasteiger partial charge in [-0.2, -0.15) is 4.37 Å². The highest BCUT2D eigenvalue weighted by atomic mass is 32.2. The minimum atomic E-state index is -3.36. The van der Waals surface area contributed by atoms with Crippen molar-refractivity contribution in [2.45, 2.75) is 24.3 Å². The molecule has 1 aromatic heterocycles. The molecule has 0 saturated heterocycles. The van der Waals surface area contributed by atoms with Gasteiger partial charge in [0.1, 0.15) is 16.9 Å². The van der Waals surface area contributed by atoms with Crippen LogP contribution >= 0.6 is 11.5 Å². The van der Waals surface area contributed by atoms with E-state index in [4.69, 9.17) is 11.5 Å². The molecular weight excluding hydrogens is 469 g/mol. The lowest BCUT2D eigenvalue weighted by molar-refractivity contribution is -0.118. The molecule has 0 aliphatic rings. The lowest BCUT2D eigenvalue weighted by Gasteiger charge is -2.19. The maximum atomic E-state index is 14.8. The molecule has 1 atom stereocenters. The standard InChI is InChI=1S/C21H22FN5O4S2/c1-11-7-19(32-27-11)26-16-10-17(15(22)9-14(16)20(23)28)25-18(21(24)29)8-12-3-5-13(6-4-12)33(2,30)31/h3-7,9-10,18,25-26H,8H2,1-2H3,(H2,23,28)(H2,24,29)/t18-/m1/s1. The first-order valence-corrected chi connectivity index (χ1v) is 12.3. The van der Waals surface area contributed by atoms with E-state index in [1.807, 2.05) is 0 Å². The molecule has 174 valence electrons. The second-order valence-electron chi connectivity index (χ2n) is 7.42. The minimum Gasteiger partial charge on any atom is -0.371 e. The Morgan fingerprint density at radius 1 is 1.12 bits per heavy atom. The number of rotatable bonds is 9. The molecule has 0 unspecified atom stereocenters. The minimum absolute atomic E-state index is 0.0692. The fourth-order valence-electron chi connectivity index (χ4n) is 3.07. The van der Waals surface area contributed by atoms with E-state index in [0.717, 1.165) is 29.5 Å². The summed E-state index contributed by atoms with van der Waals surface area (Å²) in [5.41, 5.74) is 12.4. The van der Waals surface area contributed by atoms with Crippen LogP contribution in [0.5, 0.6) is 0 Å². The molecule has 12 heteroatoms. The highest BCUT2D eigenvalue weighted by Crippen LogP contribution is 2.30. The van der Waals surface area contributed by atoms with Crippen molar-refractivity contribution in [2.75, 3.05) is 16.9 Å². The number of halogens is 1. The van der Waals surface area contributed by atoms with Crippen molar-refractivity contribution in [1.29, 1.82) is 0 Å². The highest BCUT2D eigenvalue weighted by molar-refractivity contribution is 7.90. The van der Waals surface area contributed by atoms with Gasteiger partial charge in [0, 0.05) is 12.7 Å². The molecule has 33 heavy (non-hydrogen) atoms. The molecule has 3 aromatic rings. The Bertz CT molecular complexity index is 1310. The Morgan fingerprint density at radius 2 is 1.79 bits per heavy atom. The van der Waals surface area contributed by atoms with Crippen LogP contribution in [0.25, 0.3) is 0 Å². The number of carbonyl (C=O) groups excluding carboxylic acids is 2. The Morgan fingerprint density at radius 3 is 2.30 bits per heavy atom. The van der Waals surface area contributed by atoms with Crippen LogP contribution < -0.4 is 22.1 Å². The summed E-state index contributed by atoms with van der Waals surface area (Å²) < 4.78 is 42.1. The lowest BCUT2D eigenvalue weighted by atomic mass is 10.0. The third-order valence-electron chi connectivity index (χ3n) is 4.72. The summed E-state index contributed by atoms with van der Waals surface area (Å²) in [7, 11) is -3.36. The van der Waals surface area contributed by atoms with E-state index in [0.29, 0.717) is 10.6 Å². The van der Waals surface area contributed by atoms with Crippen LogP contribution in [-0.2, 0) is 21.1 Å². The van der Waals surface area contributed by atoms with Crippen molar-refractivity contribution < 1.29 is 22.4 Å². The summed E-state index contributed by atoms with van der Waals surface area (Å²) in [6.45, 7) is 1.80. The zero-order valence-corrected chi connectivity index (χ0v) is 19.4. The van der Waals surface area contributed by atoms with Crippen molar-refractivity contribution in [1.82, 2.24) is 4.37 Å². The number of aromatic nitrogens is 1. The van der Waals surface area contributed by atoms with E-state index < -0.39 is 33.5 Å². The monoisotopic (exact) mass is 491 g/mol. The number of anilines is 3. The first-order chi connectivity index (χ1) is 15.4. The summed E-state index contributed by atoms with van der Waals surface area (Å²) >= 11 is 1.15. The van der Waals surface area contributed by atoms with Gasteiger partial charge in [-0.05, 0) is 54.4 Å². The van der Waals surface area contributed by atoms with Gasteiger partial charge in [-0.15, -0.1) is 0 Å². The zero-order valence-electron chi connectivity index (χ0n) is 17.8. The number of nitrogens with zero attached hydrogens (tertiary/aromatic N) is 1. The lowest BCUT2D eigenvalue weighted by Crippen LogP contribution is -2.37. The largest absolute Gasteiger partial charge is 0.371 e. The van der Waals surface area contributed by atoms with Gasteiger partial charge in [0.2, 0.25) is 5.91 Å². The van der Waals surface area contributed by atoms with Crippen LogP contribution in [0.15, 0.2) is 47.4 Å². The van der Waals surface area contributed by atoms with Crippen LogP contribution in [0.2, 0.25) is 0 Å². The maximum absolute atomic E-state index is 14.8. The quantitative estimate of drug-likeness (QED) is 0.358. The molecule has 2 amide bonds. The Kier molecular flexibility index (Phi) is 6.98. The highest BCUT2D eigenvalue weighted by Gasteiger charge is 2.21. The zero-order chi connectivity index (χ0) is 24.3. The molecule has 0 spiro atoms. The van der Waals surface area contributed by atoms with Gasteiger partial charge in [-0.3, -0.25) is 9.59 Å². The molecule has 0 radical (unpaired) electrons. The molecule has 0 aliphatic carbocycles. The molecule has 2 aromatic carbocycles. The smallest absolute Gasteiger partial charge is 0.250 e. The SMILES string of the molecule is Cc1cc(Nc2cc(N[C@H](Cc3ccc(S(C)(=O)=O)cc3)C(N)=O)c(F)cc2C(N)=O)sn1. The summed E-state index contributed by atoms with van der Waals surface area (Å²) in [6, 6.07) is 8.99. The predicted octanol–water partition coefficient (Wildman–Crippen LogP) is 2.35. The number of amides is 2. The average molecular weight is 492 g/mol. The Balaban J connectivity index is 1.89. The van der Waals surface area contributed by atoms with Crippen molar-refractivity contribution in [3.8, 4) is 0 Å². The second kappa shape index (κ2) is 9.55. The van der Waals surface area contributed by atoms with Gasteiger partial charge in [-0.1, -0.05) is 12.1 Å².